The highest BCUT2D eigenvalue weighted by atomic mass is 32.1. The molecular weight excluding hydrogens is 356 g/mol. The second kappa shape index (κ2) is 7.87. The van der Waals surface area contributed by atoms with Crippen molar-refractivity contribution < 1.29 is 9.69 Å². The lowest BCUT2D eigenvalue weighted by Gasteiger charge is -2.27. The Balaban J connectivity index is 1.31. The van der Waals surface area contributed by atoms with E-state index < -0.39 is 0 Å². The Bertz CT molecular complexity index is 966. The number of anilines is 1. The summed E-state index contributed by atoms with van der Waals surface area (Å²) in [5.41, 5.74) is 2.32. The molecule has 0 radical (unpaired) electrons. The maximum absolute atomic E-state index is 12.3. The van der Waals surface area contributed by atoms with Gasteiger partial charge in [-0.05, 0) is 30.3 Å². The number of rotatable bonds is 4. The van der Waals surface area contributed by atoms with Crippen LogP contribution in [0.1, 0.15) is 29.3 Å². The van der Waals surface area contributed by atoms with Gasteiger partial charge in [-0.2, -0.15) is 5.26 Å². The molecule has 4 rings (SSSR count). The van der Waals surface area contributed by atoms with Crippen LogP contribution in [0.2, 0.25) is 0 Å². The molecule has 1 saturated heterocycles. The Morgan fingerprint density at radius 3 is 2.81 bits per heavy atom. The summed E-state index contributed by atoms with van der Waals surface area (Å²) < 4.78 is 1.25. The Morgan fingerprint density at radius 2 is 2.04 bits per heavy atom. The van der Waals surface area contributed by atoms with Crippen LogP contribution in [0.15, 0.2) is 48.5 Å². The molecule has 2 heterocycles. The van der Waals surface area contributed by atoms with Crippen molar-refractivity contribution in [2.75, 3.05) is 25.0 Å². The minimum absolute atomic E-state index is 0.00136. The van der Waals surface area contributed by atoms with E-state index >= 15 is 0 Å². The van der Waals surface area contributed by atoms with Crippen molar-refractivity contribution in [1.82, 2.24) is 4.98 Å². The molecule has 2 aromatic carbocycles. The summed E-state index contributed by atoms with van der Waals surface area (Å²) in [5, 5.41) is 13.1. The van der Waals surface area contributed by atoms with Gasteiger partial charge in [0.1, 0.15) is 0 Å². The molecule has 0 aliphatic carbocycles. The average molecular weight is 377 g/mol. The number of quaternary nitrogens is 1. The number of para-hydroxylation sites is 1. The van der Waals surface area contributed by atoms with Gasteiger partial charge in [0.2, 0.25) is 0 Å². The normalized spacial score (nSPS) is 19.5. The fourth-order valence-electron chi connectivity index (χ4n) is 3.61. The third-order valence-corrected chi connectivity index (χ3v) is 6.24. The van der Waals surface area contributed by atoms with Gasteiger partial charge in [0.05, 0.1) is 39.9 Å². The Labute approximate surface area is 162 Å². The molecule has 0 unspecified atom stereocenters. The first-order valence-corrected chi connectivity index (χ1v) is 10.0. The molecule has 2 N–H and O–H groups in total. The number of aromatic nitrogens is 1. The van der Waals surface area contributed by atoms with Crippen LogP contribution >= 0.6 is 11.3 Å². The van der Waals surface area contributed by atoms with Crippen molar-refractivity contribution in [2.45, 2.75) is 18.8 Å². The van der Waals surface area contributed by atoms with E-state index in [1.807, 2.05) is 12.1 Å². The number of nitrogens with zero attached hydrogens (tertiary/aromatic N) is 2. The summed E-state index contributed by atoms with van der Waals surface area (Å²) in [6.07, 6.45) is 2.12. The number of carbonyl (C=O) groups is 1. The highest BCUT2D eigenvalue weighted by Gasteiger charge is 2.27. The van der Waals surface area contributed by atoms with Gasteiger partial charge in [-0.3, -0.25) is 4.79 Å². The van der Waals surface area contributed by atoms with Gasteiger partial charge in [-0.1, -0.05) is 18.2 Å². The first-order chi connectivity index (χ1) is 13.2. The van der Waals surface area contributed by atoms with E-state index in [2.05, 4.69) is 29.6 Å². The standard InChI is InChI=1S/C21H20N4OS/c22-13-15-4-3-5-17(12-15)23-20(26)14-25-10-8-16(9-11-25)21-24-18-6-1-2-7-19(18)27-21/h1-7,12,16H,8-11,14H2,(H,23,26)/p+1. The maximum Gasteiger partial charge on any atom is 0.279 e. The first kappa shape index (κ1) is 17.7. The lowest BCUT2D eigenvalue weighted by atomic mass is 9.97. The number of hydrogen-bond acceptors (Lipinski definition) is 4. The number of amides is 1. The van der Waals surface area contributed by atoms with E-state index in [1.54, 1.807) is 29.5 Å². The van der Waals surface area contributed by atoms with Crippen LogP contribution in [0.4, 0.5) is 5.69 Å². The van der Waals surface area contributed by atoms with Crippen LogP contribution in [0, 0.1) is 11.3 Å². The molecule has 6 heteroatoms. The van der Waals surface area contributed by atoms with Gasteiger partial charge in [-0.15, -0.1) is 11.3 Å². The predicted octanol–water partition coefficient (Wildman–Crippen LogP) is 2.57. The molecule has 136 valence electrons. The number of hydrogen-bond donors (Lipinski definition) is 2. The fourth-order valence-corrected chi connectivity index (χ4v) is 4.75. The molecule has 27 heavy (non-hydrogen) atoms. The second-order valence-electron chi connectivity index (χ2n) is 6.96. The smallest absolute Gasteiger partial charge is 0.279 e. The Hall–Kier alpha value is -2.75. The van der Waals surface area contributed by atoms with Crippen LogP contribution in [0.25, 0.3) is 10.2 Å². The van der Waals surface area contributed by atoms with Crippen LogP contribution in [-0.2, 0) is 4.79 Å². The maximum atomic E-state index is 12.3. The topological polar surface area (TPSA) is 70.2 Å². The minimum Gasteiger partial charge on any atom is -0.327 e. The molecule has 0 saturated carbocycles. The number of nitriles is 1. The van der Waals surface area contributed by atoms with Crippen LogP contribution in [-0.4, -0.2) is 30.5 Å². The van der Waals surface area contributed by atoms with E-state index in [0.717, 1.165) is 31.4 Å². The van der Waals surface area contributed by atoms with Gasteiger partial charge < -0.3 is 10.2 Å². The lowest BCUT2D eigenvalue weighted by molar-refractivity contribution is -0.897. The van der Waals surface area contributed by atoms with Crippen molar-refractivity contribution in [3.05, 3.63) is 59.1 Å². The van der Waals surface area contributed by atoms with E-state index in [4.69, 9.17) is 10.2 Å². The molecule has 1 aliphatic rings. The number of piperidine rings is 1. The average Bonchev–Trinajstić information content (AvgIpc) is 3.13. The monoisotopic (exact) mass is 377 g/mol. The fraction of sp³-hybridized carbons (Fsp3) is 0.286. The highest BCUT2D eigenvalue weighted by molar-refractivity contribution is 7.18. The van der Waals surface area contributed by atoms with Gasteiger partial charge in [0, 0.05) is 24.4 Å². The largest absolute Gasteiger partial charge is 0.327 e. The van der Waals surface area contributed by atoms with Crippen molar-refractivity contribution in [3.8, 4) is 6.07 Å². The summed E-state index contributed by atoms with van der Waals surface area (Å²) in [6.45, 7) is 2.42. The van der Waals surface area contributed by atoms with Gasteiger partial charge in [-0.25, -0.2) is 4.98 Å². The molecule has 1 fully saturated rings. The SMILES string of the molecule is N#Cc1cccc(NC(=O)C[NH+]2CCC(c3nc4ccccc4s3)CC2)c1. The summed E-state index contributed by atoms with van der Waals surface area (Å²) in [6, 6.07) is 17.4. The molecule has 0 spiro atoms. The highest BCUT2D eigenvalue weighted by Crippen LogP contribution is 2.31. The number of thiazole rings is 1. The molecule has 1 aliphatic heterocycles. The number of carbonyl (C=O) groups excluding carboxylic acids is 1. The lowest BCUT2D eigenvalue weighted by Crippen LogP contribution is -3.14. The van der Waals surface area contributed by atoms with E-state index in [-0.39, 0.29) is 5.91 Å². The summed E-state index contributed by atoms with van der Waals surface area (Å²) in [4.78, 5) is 18.4. The zero-order valence-corrected chi connectivity index (χ0v) is 15.8. The first-order valence-electron chi connectivity index (χ1n) is 9.20. The van der Waals surface area contributed by atoms with Crippen molar-refractivity contribution in [2.24, 2.45) is 0 Å². The Kier molecular flexibility index (Phi) is 5.14. The van der Waals surface area contributed by atoms with Crippen molar-refractivity contribution in [3.63, 3.8) is 0 Å². The van der Waals surface area contributed by atoms with Gasteiger partial charge in [0.15, 0.2) is 6.54 Å². The molecule has 0 atom stereocenters. The summed E-state index contributed by atoms with van der Waals surface area (Å²) in [7, 11) is 0. The predicted molar refractivity (Wildman–Crippen MR) is 107 cm³/mol. The van der Waals surface area contributed by atoms with Crippen molar-refractivity contribution >= 4 is 33.1 Å². The van der Waals surface area contributed by atoms with Crippen LogP contribution in [0.5, 0.6) is 0 Å². The summed E-state index contributed by atoms with van der Waals surface area (Å²) in [5.74, 6) is 0.500. The van der Waals surface area contributed by atoms with E-state index in [0.29, 0.717) is 23.7 Å². The number of fused-ring (bicyclic) bond motifs is 1. The zero-order valence-electron chi connectivity index (χ0n) is 14.9. The summed E-state index contributed by atoms with van der Waals surface area (Å²) >= 11 is 1.80. The van der Waals surface area contributed by atoms with E-state index in [1.165, 1.54) is 14.6 Å². The quantitative estimate of drug-likeness (QED) is 0.734. The van der Waals surface area contributed by atoms with Crippen molar-refractivity contribution in [1.29, 1.82) is 5.26 Å². The molecule has 0 bridgehead atoms. The number of nitrogens with one attached hydrogen (secondary N) is 2. The van der Waals surface area contributed by atoms with Crippen LogP contribution < -0.4 is 10.2 Å². The molecular formula is C21H21N4OS+. The second-order valence-corrected chi connectivity index (χ2v) is 8.02. The molecule has 1 aromatic heterocycles. The minimum atomic E-state index is -0.00136. The van der Waals surface area contributed by atoms with Gasteiger partial charge in [0.25, 0.3) is 5.91 Å². The Morgan fingerprint density at radius 1 is 1.22 bits per heavy atom. The third kappa shape index (κ3) is 4.16. The van der Waals surface area contributed by atoms with E-state index in [9.17, 15) is 4.79 Å². The number of benzene rings is 2. The molecule has 5 nitrogen and oxygen atoms in total. The van der Waals surface area contributed by atoms with Gasteiger partial charge >= 0.3 is 0 Å². The molecule has 3 aromatic rings. The number of likely N-dealkylation sites (tertiary alicyclic amines) is 1. The van der Waals surface area contributed by atoms with Crippen LogP contribution in [0.3, 0.4) is 0 Å². The third-order valence-electron chi connectivity index (χ3n) is 5.04. The molecule has 1 amide bonds. The zero-order chi connectivity index (χ0) is 18.6.